The lowest BCUT2D eigenvalue weighted by atomic mass is 10.1. The number of hydrogen-bond acceptors (Lipinski definition) is 6. The highest BCUT2D eigenvalue weighted by Crippen LogP contribution is 2.21. The third-order valence-electron chi connectivity index (χ3n) is 3.28. The summed E-state index contributed by atoms with van der Waals surface area (Å²) in [6.07, 6.45) is 3.46. The van der Waals surface area contributed by atoms with Crippen molar-refractivity contribution in [2.75, 3.05) is 25.2 Å². The molecule has 7 nitrogen and oxygen atoms in total. The van der Waals surface area contributed by atoms with Gasteiger partial charge in [-0.1, -0.05) is 19.0 Å². The Labute approximate surface area is 119 Å². The van der Waals surface area contributed by atoms with Crippen LogP contribution in [-0.4, -0.2) is 47.5 Å². The number of amidine groups is 1. The van der Waals surface area contributed by atoms with E-state index in [9.17, 15) is 0 Å². The van der Waals surface area contributed by atoms with Gasteiger partial charge in [0, 0.05) is 19.7 Å². The average Bonchev–Trinajstić information content (AvgIpc) is 2.50. The molecule has 112 valence electrons. The molecule has 1 rings (SSSR count). The molecule has 0 aliphatic carbocycles. The largest absolute Gasteiger partial charge is 0.409 e. The molecule has 1 heterocycles. The van der Waals surface area contributed by atoms with E-state index in [1.165, 1.54) is 6.20 Å². The fourth-order valence-electron chi connectivity index (χ4n) is 2.17. The number of anilines is 1. The fourth-order valence-corrected chi connectivity index (χ4v) is 2.17. The van der Waals surface area contributed by atoms with Crippen LogP contribution in [0.25, 0.3) is 0 Å². The van der Waals surface area contributed by atoms with E-state index in [1.54, 1.807) is 13.2 Å². The molecule has 1 aromatic rings. The maximum Gasteiger partial charge on any atom is 0.173 e. The molecule has 0 aliphatic heterocycles. The van der Waals surface area contributed by atoms with Crippen molar-refractivity contribution in [1.82, 2.24) is 10.2 Å². The zero-order valence-electron chi connectivity index (χ0n) is 12.3. The van der Waals surface area contributed by atoms with E-state index in [2.05, 4.69) is 34.1 Å². The van der Waals surface area contributed by atoms with Gasteiger partial charge in [0.1, 0.15) is 0 Å². The number of nitrogens with two attached hydrogens (primary N) is 1. The van der Waals surface area contributed by atoms with Gasteiger partial charge < -0.3 is 20.6 Å². The van der Waals surface area contributed by atoms with Crippen molar-refractivity contribution in [1.29, 1.82) is 0 Å². The summed E-state index contributed by atoms with van der Waals surface area (Å²) in [4.78, 5) is 2.10. The highest BCUT2D eigenvalue weighted by Gasteiger charge is 2.21. The lowest BCUT2D eigenvalue weighted by Crippen LogP contribution is -2.39. The van der Waals surface area contributed by atoms with Gasteiger partial charge in [0.25, 0.3) is 0 Å². The van der Waals surface area contributed by atoms with Gasteiger partial charge in [0.15, 0.2) is 11.7 Å². The summed E-state index contributed by atoms with van der Waals surface area (Å²) < 4.78 is 5.16. The second-order valence-corrected chi connectivity index (χ2v) is 4.41. The number of aromatic nitrogens is 2. The van der Waals surface area contributed by atoms with Crippen LogP contribution in [-0.2, 0) is 4.74 Å². The molecule has 0 saturated heterocycles. The number of methoxy groups -OCH3 is 1. The molecule has 0 saturated carbocycles. The summed E-state index contributed by atoms with van der Waals surface area (Å²) in [6, 6.07) is 1.99. The Bertz CT molecular complexity index is 435. The van der Waals surface area contributed by atoms with Crippen molar-refractivity contribution in [3.05, 3.63) is 17.8 Å². The highest BCUT2D eigenvalue weighted by atomic mass is 16.5. The molecule has 0 amide bonds. The Morgan fingerprint density at radius 2 is 2.20 bits per heavy atom. The summed E-state index contributed by atoms with van der Waals surface area (Å²) in [7, 11) is 1.66. The molecule has 0 aromatic carbocycles. The Kier molecular flexibility index (Phi) is 6.72. The van der Waals surface area contributed by atoms with Crippen molar-refractivity contribution in [3.63, 3.8) is 0 Å². The fraction of sp³-hybridized carbons (Fsp3) is 0.615. The molecule has 0 radical (unpaired) electrons. The van der Waals surface area contributed by atoms with Gasteiger partial charge in [-0.25, -0.2) is 0 Å². The summed E-state index contributed by atoms with van der Waals surface area (Å²) >= 11 is 0. The van der Waals surface area contributed by atoms with Gasteiger partial charge in [-0.3, -0.25) is 0 Å². The number of rotatable bonds is 8. The number of oxime groups is 1. The van der Waals surface area contributed by atoms with E-state index < -0.39 is 0 Å². The van der Waals surface area contributed by atoms with Crippen LogP contribution in [0.5, 0.6) is 0 Å². The molecule has 3 N–H and O–H groups in total. The molecule has 20 heavy (non-hydrogen) atoms. The Morgan fingerprint density at radius 1 is 1.50 bits per heavy atom. The molecule has 0 atom stereocenters. The van der Waals surface area contributed by atoms with E-state index in [0.717, 1.165) is 12.8 Å². The lowest BCUT2D eigenvalue weighted by molar-refractivity contribution is 0.202. The van der Waals surface area contributed by atoms with Crippen LogP contribution in [0.15, 0.2) is 17.4 Å². The first-order valence-corrected chi connectivity index (χ1v) is 6.74. The van der Waals surface area contributed by atoms with E-state index in [4.69, 9.17) is 15.7 Å². The second-order valence-electron chi connectivity index (χ2n) is 4.41. The van der Waals surface area contributed by atoms with Gasteiger partial charge in [-0.2, -0.15) is 5.10 Å². The van der Waals surface area contributed by atoms with Crippen molar-refractivity contribution in [2.24, 2.45) is 10.9 Å². The van der Waals surface area contributed by atoms with Crippen molar-refractivity contribution >= 4 is 11.7 Å². The topological polar surface area (TPSA) is 96.9 Å². The zero-order valence-corrected chi connectivity index (χ0v) is 12.3. The zero-order chi connectivity index (χ0) is 15.0. The van der Waals surface area contributed by atoms with Crippen LogP contribution in [0.1, 0.15) is 32.3 Å². The molecule has 0 unspecified atom stereocenters. The maximum atomic E-state index is 8.90. The molecule has 1 aromatic heterocycles. The maximum absolute atomic E-state index is 8.90. The molecular formula is C13H23N5O2. The number of ether oxygens (including phenoxy) is 1. The molecular weight excluding hydrogens is 258 g/mol. The van der Waals surface area contributed by atoms with Crippen LogP contribution in [0.2, 0.25) is 0 Å². The molecule has 0 bridgehead atoms. The Morgan fingerprint density at radius 3 is 2.75 bits per heavy atom. The van der Waals surface area contributed by atoms with Crippen molar-refractivity contribution < 1.29 is 9.94 Å². The first-order chi connectivity index (χ1) is 9.69. The van der Waals surface area contributed by atoms with Crippen molar-refractivity contribution in [3.8, 4) is 0 Å². The standard InChI is InChI=1S/C13H23N5O2/c1-4-10(5-2)18(8-9-20-3)13-11(12(14)17-19)6-7-15-16-13/h6-7,10,19H,4-5,8-9H2,1-3H3,(H2,14,17). The van der Waals surface area contributed by atoms with Crippen LogP contribution in [0, 0.1) is 0 Å². The first-order valence-electron chi connectivity index (χ1n) is 6.74. The van der Waals surface area contributed by atoms with Gasteiger partial charge >= 0.3 is 0 Å². The van der Waals surface area contributed by atoms with Gasteiger partial charge in [-0.15, -0.1) is 5.10 Å². The Balaban J connectivity index is 3.18. The Hall–Kier alpha value is -1.89. The van der Waals surface area contributed by atoms with E-state index in [1.807, 2.05) is 0 Å². The molecule has 7 heteroatoms. The summed E-state index contributed by atoms with van der Waals surface area (Å²) in [5.74, 6) is 0.650. The van der Waals surface area contributed by atoms with Crippen molar-refractivity contribution in [2.45, 2.75) is 32.7 Å². The van der Waals surface area contributed by atoms with E-state index in [-0.39, 0.29) is 5.84 Å². The monoisotopic (exact) mass is 281 g/mol. The lowest BCUT2D eigenvalue weighted by Gasteiger charge is -2.32. The minimum Gasteiger partial charge on any atom is -0.409 e. The van der Waals surface area contributed by atoms with E-state index >= 15 is 0 Å². The highest BCUT2D eigenvalue weighted by molar-refractivity contribution is 6.01. The van der Waals surface area contributed by atoms with Gasteiger partial charge in [-0.05, 0) is 18.9 Å². The summed E-state index contributed by atoms with van der Waals surface area (Å²) in [5.41, 5.74) is 6.29. The number of nitrogens with zero attached hydrogens (tertiary/aromatic N) is 4. The van der Waals surface area contributed by atoms with Gasteiger partial charge in [0.05, 0.1) is 18.4 Å². The average molecular weight is 281 g/mol. The van der Waals surface area contributed by atoms with Crippen LogP contribution < -0.4 is 10.6 Å². The predicted molar refractivity (Wildman–Crippen MR) is 78.1 cm³/mol. The molecule has 0 aliphatic rings. The van der Waals surface area contributed by atoms with E-state index in [0.29, 0.717) is 30.6 Å². The summed E-state index contributed by atoms with van der Waals surface area (Å²) in [5, 5.41) is 20.0. The third-order valence-corrected chi connectivity index (χ3v) is 3.28. The van der Waals surface area contributed by atoms with Crippen LogP contribution in [0.3, 0.4) is 0 Å². The minimum absolute atomic E-state index is 0.0308. The molecule has 0 fully saturated rings. The molecule has 0 spiro atoms. The predicted octanol–water partition coefficient (Wildman–Crippen LogP) is 1.21. The van der Waals surface area contributed by atoms with Gasteiger partial charge in [0.2, 0.25) is 0 Å². The second kappa shape index (κ2) is 8.31. The smallest absolute Gasteiger partial charge is 0.173 e. The first kappa shape index (κ1) is 16.2. The number of hydrogen-bond donors (Lipinski definition) is 2. The minimum atomic E-state index is 0.0308. The summed E-state index contributed by atoms with van der Waals surface area (Å²) in [6.45, 7) is 5.48. The van der Waals surface area contributed by atoms with Crippen LogP contribution in [0.4, 0.5) is 5.82 Å². The normalized spacial score (nSPS) is 11.9. The van der Waals surface area contributed by atoms with Crippen LogP contribution >= 0.6 is 0 Å². The SMILES string of the molecule is CCC(CC)N(CCOC)c1nnccc1/C(N)=N/O. The quantitative estimate of drug-likeness (QED) is 0.322. The third kappa shape index (κ3) is 3.80.